The van der Waals surface area contributed by atoms with Crippen molar-refractivity contribution in [3.8, 4) is 0 Å². The van der Waals surface area contributed by atoms with Crippen LogP contribution in [0.15, 0.2) is 18.2 Å². The Kier molecular flexibility index (Phi) is 4.68. The summed E-state index contributed by atoms with van der Waals surface area (Å²) in [5, 5.41) is 0.793. The lowest BCUT2D eigenvalue weighted by atomic mass is 9.75. The number of anilines is 1. The van der Waals surface area contributed by atoms with Crippen molar-refractivity contribution < 1.29 is 0 Å². The zero-order chi connectivity index (χ0) is 14.0. The van der Waals surface area contributed by atoms with Crippen LogP contribution in [0.25, 0.3) is 0 Å². The summed E-state index contributed by atoms with van der Waals surface area (Å²) in [6.07, 6.45) is 2.50. The summed E-state index contributed by atoms with van der Waals surface area (Å²) in [5.74, 6) is 1.36. The molecule has 19 heavy (non-hydrogen) atoms. The molecule has 0 amide bonds. The molecule has 0 aromatic heterocycles. The van der Waals surface area contributed by atoms with Gasteiger partial charge in [-0.05, 0) is 41.9 Å². The quantitative estimate of drug-likeness (QED) is 0.666. The Balaban J connectivity index is 2.11. The minimum absolute atomic E-state index is 0.412. The third kappa shape index (κ3) is 3.58. The highest BCUT2D eigenvalue weighted by Gasteiger charge is 2.29. The standard InChI is InChI=1S/C16H23Cl2N/c1-16(2,3)13-6-8-19(9-7-13)15-10-14(18)5-4-12(15)11-17/h4-5,10,13H,6-9,11H2,1-3H3. The summed E-state index contributed by atoms with van der Waals surface area (Å²) < 4.78 is 0. The zero-order valence-electron chi connectivity index (χ0n) is 12.0. The Morgan fingerprint density at radius 2 is 1.84 bits per heavy atom. The molecule has 1 aromatic rings. The normalized spacial score (nSPS) is 17.8. The van der Waals surface area contributed by atoms with E-state index in [4.69, 9.17) is 23.2 Å². The third-order valence-corrected chi connectivity index (χ3v) is 4.77. The number of alkyl halides is 1. The first kappa shape index (κ1) is 15.0. The fourth-order valence-electron chi connectivity index (χ4n) is 2.93. The summed E-state index contributed by atoms with van der Waals surface area (Å²) in [6.45, 7) is 9.24. The number of hydrogen-bond acceptors (Lipinski definition) is 1. The Morgan fingerprint density at radius 1 is 1.21 bits per heavy atom. The van der Waals surface area contributed by atoms with Crippen LogP contribution in [0.3, 0.4) is 0 Å². The number of piperidine rings is 1. The van der Waals surface area contributed by atoms with Crippen molar-refractivity contribution in [3.05, 3.63) is 28.8 Å². The average Bonchev–Trinajstić information content (AvgIpc) is 2.38. The third-order valence-electron chi connectivity index (χ3n) is 4.25. The van der Waals surface area contributed by atoms with Crippen LogP contribution in [0.1, 0.15) is 39.2 Å². The lowest BCUT2D eigenvalue weighted by Crippen LogP contribution is -2.38. The minimum atomic E-state index is 0.412. The molecule has 0 saturated carbocycles. The van der Waals surface area contributed by atoms with Crippen molar-refractivity contribution in [1.82, 2.24) is 0 Å². The Bertz CT molecular complexity index is 429. The lowest BCUT2D eigenvalue weighted by Gasteiger charge is -2.40. The minimum Gasteiger partial charge on any atom is -0.371 e. The van der Waals surface area contributed by atoms with Crippen molar-refractivity contribution in [2.45, 2.75) is 39.5 Å². The van der Waals surface area contributed by atoms with Gasteiger partial charge in [-0.3, -0.25) is 0 Å². The molecule has 3 heteroatoms. The average molecular weight is 300 g/mol. The molecule has 1 fully saturated rings. The van der Waals surface area contributed by atoms with Gasteiger partial charge in [0, 0.05) is 29.7 Å². The largest absolute Gasteiger partial charge is 0.371 e. The van der Waals surface area contributed by atoms with Crippen molar-refractivity contribution in [1.29, 1.82) is 0 Å². The second-order valence-electron chi connectivity index (χ2n) is 6.53. The van der Waals surface area contributed by atoms with E-state index in [0.717, 1.165) is 24.0 Å². The van der Waals surface area contributed by atoms with E-state index in [2.05, 4.69) is 31.7 Å². The fraction of sp³-hybridized carbons (Fsp3) is 0.625. The first-order valence-corrected chi connectivity index (χ1v) is 7.92. The highest BCUT2D eigenvalue weighted by molar-refractivity contribution is 6.31. The monoisotopic (exact) mass is 299 g/mol. The maximum Gasteiger partial charge on any atom is 0.0494 e. The van der Waals surface area contributed by atoms with Gasteiger partial charge < -0.3 is 4.90 Å². The molecule has 0 atom stereocenters. The molecule has 0 bridgehead atoms. The summed E-state index contributed by atoms with van der Waals surface area (Å²) in [7, 11) is 0. The summed E-state index contributed by atoms with van der Waals surface area (Å²) in [4.78, 5) is 2.44. The van der Waals surface area contributed by atoms with E-state index in [-0.39, 0.29) is 0 Å². The van der Waals surface area contributed by atoms with Crippen LogP contribution >= 0.6 is 23.2 Å². The van der Waals surface area contributed by atoms with Gasteiger partial charge in [0.15, 0.2) is 0 Å². The molecule has 106 valence electrons. The SMILES string of the molecule is CC(C)(C)C1CCN(c2cc(Cl)ccc2CCl)CC1. The summed E-state index contributed by atoms with van der Waals surface area (Å²) >= 11 is 12.2. The van der Waals surface area contributed by atoms with Crippen LogP contribution in [0.5, 0.6) is 0 Å². The number of benzene rings is 1. The maximum atomic E-state index is 6.12. The molecule has 2 rings (SSSR count). The van der Waals surface area contributed by atoms with E-state index < -0.39 is 0 Å². The first-order valence-electron chi connectivity index (χ1n) is 7.01. The van der Waals surface area contributed by atoms with Gasteiger partial charge in [0.1, 0.15) is 0 Å². The molecule has 1 saturated heterocycles. The van der Waals surface area contributed by atoms with Crippen molar-refractivity contribution >= 4 is 28.9 Å². The predicted molar refractivity (Wildman–Crippen MR) is 85.4 cm³/mol. The summed E-state index contributed by atoms with van der Waals surface area (Å²) in [5.41, 5.74) is 2.81. The van der Waals surface area contributed by atoms with Gasteiger partial charge in [-0.25, -0.2) is 0 Å². The first-order chi connectivity index (χ1) is 8.91. The van der Waals surface area contributed by atoms with E-state index in [0.29, 0.717) is 11.3 Å². The van der Waals surface area contributed by atoms with Crippen LogP contribution < -0.4 is 4.90 Å². The van der Waals surface area contributed by atoms with E-state index >= 15 is 0 Å². The molecule has 1 nitrogen and oxygen atoms in total. The zero-order valence-corrected chi connectivity index (χ0v) is 13.6. The molecule has 0 unspecified atom stereocenters. The van der Waals surface area contributed by atoms with E-state index in [1.807, 2.05) is 12.1 Å². The van der Waals surface area contributed by atoms with Crippen LogP contribution in [0.4, 0.5) is 5.69 Å². The van der Waals surface area contributed by atoms with Gasteiger partial charge in [0.2, 0.25) is 0 Å². The van der Waals surface area contributed by atoms with Crippen molar-refractivity contribution in [3.63, 3.8) is 0 Å². The Morgan fingerprint density at radius 3 is 2.37 bits per heavy atom. The number of nitrogens with zero attached hydrogens (tertiary/aromatic N) is 1. The number of rotatable bonds is 2. The smallest absolute Gasteiger partial charge is 0.0494 e. The van der Waals surface area contributed by atoms with Crippen LogP contribution in [-0.2, 0) is 5.88 Å². The van der Waals surface area contributed by atoms with E-state index in [9.17, 15) is 0 Å². The second kappa shape index (κ2) is 5.93. The Hall–Kier alpha value is -0.400. The molecule has 1 heterocycles. The highest BCUT2D eigenvalue weighted by Crippen LogP contribution is 2.37. The molecular weight excluding hydrogens is 277 g/mol. The number of hydrogen-bond donors (Lipinski definition) is 0. The maximum absolute atomic E-state index is 6.12. The van der Waals surface area contributed by atoms with Gasteiger partial charge in [-0.2, -0.15) is 0 Å². The van der Waals surface area contributed by atoms with E-state index in [1.54, 1.807) is 0 Å². The highest BCUT2D eigenvalue weighted by atomic mass is 35.5. The second-order valence-corrected chi connectivity index (χ2v) is 7.24. The van der Waals surface area contributed by atoms with Crippen molar-refractivity contribution in [2.24, 2.45) is 11.3 Å². The summed E-state index contributed by atoms with van der Waals surface area (Å²) in [6, 6.07) is 6.02. The molecule has 1 aromatic carbocycles. The van der Waals surface area contributed by atoms with Crippen LogP contribution in [0, 0.1) is 11.3 Å². The topological polar surface area (TPSA) is 3.24 Å². The molecule has 1 aliphatic rings. The van der Waals surface area contributed by atoms with Crippen LogP contribution in [-0.4, -0.2) is 13.1 Å². The molecule has 1 aliphatic heterocycles. The van der Waals surface area contributed by atoms with Gasteiger partial charge in [0.05, 0.1) is 0 Å². The number of halogens is 2. The molecule has 0 aliphatic carbocycles. The molecule has 0 spiro atoms. The van der Waals surface area contributed by atoms with Gasteiger partial charge >= 0.3 is 0 Å². The van der Waals surface area contributed by atoms with Gasteiger partial charge in [-0.15, -0.1) is 11.6 Å². The van der Waals surface area contributed by atoms with Crippen molar-refractivity contribution in [2.75, 3.05) is 18.0 Å². The van der Waals surface area contributed by atoms with Gasteiger partial charge in [-0.1, -0.05) is 38.4 Å². The Labute approximate surface area is 126 Å². The lowest BCUT2D eigenvalue weighted by molar-refractivity contribution is 0.199. The fourth-order valence-corrected chi connectivity index (χ4v) is 3.32. The predicted octanol–water partition coefficient (Wildman–Crippen LogP) is 5.34. The molecule has 0 radical (unpaired) electrons. The van der Waals surface area contributed by atoms with Crippen LogP contribution in [0.2, 0.25) is 5.02 Å². The molecular formula is C16H23Cl2N. The van der Waals surface area contributed by atoms with Gasteiger partial charge in [0.25, 0.3) is 0 Å². The van der Waals surface area contributed by atoms with E-state index in [1.165, 1.54) is 24.1 Å². The molecule has 0 N–H and O–H groups in total.